The van der Waals surface area contributed by atoms with Crippen molar-refractivity contribution in [1.82, 2.24) is 19.1 Å². The molecule has 1 saturated heterocycles. The molecule has 140 valence electrons. The Bertz CT molecular complexity index is 817. The van der Waals surface area contributed by atoms with Gasteiger partial charge in [-0.15, -0.1) is 11.3 Å². The summed E-state index contributed by atoms with van der Waals surface area (Å²) in [6, 6.07) is 7.20. The zero-order valence-electron chi connectivity index (χ0n) is 14.6. The van der Waals surface area contributed by atoms with E-state index in [1.807, 2.05) is 6.07 Å². The van der Waals surface area contributed by atoms with E-state index in [9.17, 15) is 13.2 Å². The number of carbonyl (C=O) groups is 1. The molecule has 0 saturated carbocycles. The van der Waals surface area contributed by atoms with Gasteiger partial charge < -0.3 is 4.90 Å². The van der Waals surface area contributed by atoms with E-state index in [0.29, 0.717) is 13.1 Å². The second kappa shape index (κ2) is 8.26. The number of thiophene rings is 1. The van der Waals surface area contributed by atoms with Crippen molar-refractivity contribution < 1.29 is 13.2 Å². The van der Waals surface area contributed by atoms with Crippen LogP contribution in [0.1, 0.15) is 4.88 Å². The average Bonchev–Trinajstić information content (AvgIpc) is 3.16. The summed E-state index contributed by atoms with van der Waals surface area (Å²) in [7, 11) is -2.28. The van der Waals surface area contributed by atoms with Crippen molar-refractivity contribution in [3.63, 3.8) is 0 Å². The van der Waals surface area contributed by atoms with Gasteiger partial charge in [-0.2, -0.15) is 4.31 Å². The number of aromatic nitrogens is 1. The molecule has 1 aliphatic heterocycles. The minimum Gasteiger partial charge on any atom is -0.339 e. The van der Waals surface area contributed by atoms with E-state index in [-0.39, 0.29) is 17.3 Å². The molecule has 1 amide bonds. The molecule has 1 fully saturated rings. The lowest BCUT2D eigenvalue weighted by Gasteiger charge is -2.35. The van der Waals surface area contributed by atoms with E-state index in [4.69, 9.17) is 0 Å². The molecular formula is C17H22N4O3S2. The summed E-state index contributed by atoms with van der Waals surface area (Å²) >= 11 is 1.73. The number of carbonyl (C=O) groups excluding carboxylic acids is 1. The summed E-state index contributed by atoms with van der Waals surface area (Å²) in [5.41, 5.74) is 0. The minimum atomic E-state index is -3.70. The summed E-state index contributed by atoms with van der Waals surface area (Å²) < 4.78 is 26.1. The summed E-state index contributed by atoms with van der Waals surface area (Å²) in [6.07, 6.45) is 2.81. The van der Waals surface area contributed by atoms with Crippen LogP contribution in [0.3, 0.4) is 0 Å². The van der Waals surface area contributed by atoms with Gasteiger partial charge in [0.25, 0.3) is 0 Å². The van der Waals surface area contributed by atoms with Crippen LogP contribution in [0.15, 0.2) is 46.9 Å². The maximum atomic E-state index is 12.5. The first-order valence-electron chi connectivity index (χ1n) is 8.36. The molecule has 9 heteroatoms. The number of hydrogen-bond acceptors (Lipinski definition) is 6. The normalized spacial score (nSPS) is 16.2. The highest BCUT2D eigenvalue weighted by Crippen LogP contribution is 2.15. The third kappa shape index (κ3) is 4.47. The van der Waals surface area contributed by atoms with Crippen LogP contribution < -0.4 is 0 Å². The Morgan fingerprint density at radius 3 is 2.62 bits per heavy atom. The van der Waals surface area contributed by atoms with Gasteiger partial charge in [-0.1, -0.05) is 6.07 Å². The van der Waals surface area contributed by atoms with Crippen molar-refractivity contribution in [2.75, 3.05) is 39.8 Å². The van der Waals surface area contributed by atoms with Gasteiger partial charge in [-0.3, -0.25) is 14.7 Å². The minimum absolute atomic E-state index is 0.0936. The first-order valence-corrected chi connectivity index (χ1v) is 10.7. The number of sulfonamides is 1. The molecule has 0 unspecified atom stereocenters. The molecule has 0 spiro atoms. The van der Waals surface area contributed by atoms with E-state index in [0.717, 1.165) is 23.9 Å². The molecule has 2 aromatic rings. The summed E-state index contributed by atoms with van der Waals surface area (Å²) in [5.74, 6) is -0.171. The molecule has 1 aliphatic rings. The van der Waals surface area contributed by atoms with Gasteiger partial charge in [0.1, 0.15) is 4.90 Å². The Hall–Kier alpha value is -1.81. The fraction of sp³-hybridized carbons (Fsp3) is 0.412. The molecule has 3 rings (SSSR count). The van der Waals surface area contributed by atoms with Crippen molar-refractivity contribution in [3.8, 4) is 0 Å². The van der Waals surface area contributed by atoms with Crippen LogP contribution in [0.4, 0.5) is 0 Å². The number of piperazine rings is 1. The maximum Gasteiger partial charge on any atom is 0.244 e. The van der Waals surface area contributed by atoms with E-state index >= 15 is 0 Å². The van der Waals surface area contributed by atoms with Crippen LogP contribution in [0.25, 0.3) is 0 Å². The molecule has 0 N–H and O–H groups in total. The van der Waals surface area contributed by atoms with E-state index < -0.39 is 10.0 Å². The van der Waals surface area contributed by atoms with Crippen LogP contribution in [0.2, 0.25) is 0 Å². The van der Waals surface area contributed by atoms with Crippen LogP contribution in [0.5, 0.6) is 0 Å². The molecule has 0 atom stereocenters. The predicted molar refractivity (Wildman–Crippen MR) is 100 cm³/mol. The zero-order chi connectivity index (χ0) is 18.6. The molecule has 0 bridgehead atoms. The van der Waals surface area contributed by atoms with Gasteiger partial charge in [0.2, 0.25) is 15.9 Å². The number of likely N-dealkylation sites (N-methyl/N-ethyl adjacent to an activating group) is 1. The number of amides is 1. The first-order chi connectivity index (χ1) is 12.5. The Labute approximate surface area is 157 Å². The van der Waals surface area contributed by atoms with Crippen LogP contribution in [-0.2, 0) is 21.4 Å². The van der Waals surface area contributed by atoms with E-state index in [1.165, 1.54) is 30.4 Å². The number of pyridine rings is 1. The summed E-state index contributed by atoms with van der Waals surface area (Å²) in [6.45, 7) is 3.55. The second-order valence-corrected chi connectivity index (χ2v) is 9.26. The first kappa shape index (κ1) is 19.0. The molecule has 0 aliphatic carbocycles. The van der Waals surface area contributed by atoms with Crippen molar-refractivity contribution in [3.05, 3.63) is 46.9 Å². The SMILES string of the molecule is CN(CC(=O)N1CCN(Cc2cccs2)CC1)S(=O)(=O)c1cccnc1. The van der Waals surface area contributed by atoms with Gasteiger partial charge in [0.05, 0.1) is 6.54 Å². The zero-order valence-corrected chi connectivity index (χ0v) is 16.2. The van der Waals surface area contributed by atoms with Crippen LogP contribution in [-0.4, -0.2) is 73.2 Å². The molecule has 0 aromatic carbocycles. The number of rotatable bonds is 6. The van der Waals surface area contributed by atoms with Gasteiger partial charge >= 0.3 is 0 Å². The van der Waals surface area contributed by atoms with Crippen LogP contribution >= 0.6 is 11.3 Å². The van der Waals surface area contributed by atoms with Crippen molar-refractivity contribution in [1.29, 1.82) is 0 Å². The fourth-order valence-electron chi connectivity index (χ4n) is 2.83. The van der Waals surface area contributed by atoms with Gasteiger partial charge in [0.15, 0.2) is 0 Å². The molecule has 0 radical (unpaired) electrons. The average molecular weight is 395 g/mol. The highest BCUT2D eigenvalue weighted by atomic mass is 32.2. The lowest BCUT2D eigenvalue weighted by Crippen LogP contribution is -2.51. The van der Waals surface area contributed by atoms with E-state index in [1.54, 1.807) is 22.3 Å². The Kier molecular flexibility index (Phi) is 6.02. The molecule has 2 aromatic heterocycles. The topological polar surface area (TPSA) is 73.8 Å². The smallest absolute Gasteiger partial charge is 0.244 e. The molecule has 7 nitrogen and oxygen atoms in total. The molecule has 26 heavy (non-hydrogen) atoms. The number of hydrogen-bond donors (Lipinski definition) is 0. The van der Waals surface area contributed by atoms with Gasteiger partial charge in [-0.25, -0.2) is 8.42 Å². The predicted octanol–water partition coefficient (Wildman–Crippen LogP) is 1.11. The standard InChI is InChI=1S/C17H22N4O3S2/c1-19(26(23,24)16-5-2-6-18-12-16)14-17(22)21-9-7-20(8-10-21)13-15-4-3-11-25-15/h2-6,11-12H,7-10,13-14H2,1H3. The van der Waals surface area contributed by atoms with Crippen molar-refractivity contribution in [2.45, 2.75) is 11.4 Å². The maximum absolute atomic E-state index is 12.5. The Morgan fingerprint density at radius 2 is 2.00 bits per heavy atom. The quantitative estimate of drug-likeness (QED) is 0.734. The monoisotopic (exact) mass is 394 g/mol. The Balaban J connectivity index is 1.52. The Morgan fingerprint density at radius 1 is 1.23 bits per heavy atom. The summed E-state index contributed by atoms with van der Waals surface area (Å²) in [4.78, 5) is 21.8. The van der Waals surface area contributed by atoms with Gasteiger partial charge in [0, 0.05) is 57.0 Å². The summed E-state index contributed by atoms with van der Waals surface area (Å²) in [5, 5.41) is 2.06. The third-order valence-corrected chi connectivity index (χ3v) is 7.03. The molecular weight excluding hydrogens is 372 g/mol. The molecule has 3 heterocycles. The largest absolute Gasteiger partial charge is 0.339 e. The highest BCUT2D eigenvalue weighted by Gasteiger charge is 2.27. The van der Waals surface area contributed by atoms with Gasteiger partial charge in [-0.05, 0) is 23.6 Å². The lowest BCUT2D eigenvalue weighted by molar-refractivity contribution is -0.133. The highest BCUT2D eigenvalue weighted by molar-refractivity contribution is 7.89. The third-order valence-electron chi connectivity index (χ3n) is 4.39. The van der Waals surface area contributed by atoms with Crippen molar-refractivity contribution in [2.24, 2.45) is 0 Å². The number of nitrogens with zero attached hydrogens (tertiary/aromatic N) is 4. The second-order valence-electron chi connectivity index (χ2n) is 6.19. The lowest BCUT2D eigenvalue weighted by atomic mass is 10.3. The van der Waals surface area contributed by atoms with Crippen molar-refractivity contribution >= 4 is 27.3 Å². The van der Waals surface area contributed by atoms with E-state index in [2.05, 4.69) is 21.3 Å². The van der Waals surface area contributed by atoms with Crippen LogP contribution in [0, 0.1) is 0 Å². The fourth-order valence-corrected chi connectivity index (χ4v) is 4.66.